The van der Waals surface area contributed by atoms with Crippen molar-refractivity contribution in [3.63, 3.8) is 0 Å². The van der Waals surface area contributed by atoms with E-state index in [1.807, 2.05) is 12.1 Å². The van der Waals surface area contributed by atoms with E-state index in [1.54, 1.807) is 0 Å². The van der Waals surface area contributed by atoms with Gasteiger partial charge in [0.15, 0.2) is 0 Å². The zero-order valence-electron chi connectivity index (χ0n) is 11.7. The van der Waals surface area contributed by atoms with Crippen LogP contribution in [-0.4, -0.2) is 24.2 Å². The molecule has 1 aromatic heterocycles. The molecule has 0 spiro atoms. The minimum Gasteiger partial charge on any atom is -0.387 e. The topological polar surface area (TPSA) is 61.4 Å². The molecule has 3 N–H and O–H groups in total. The highest BCUT2D eigenvalue weighted by Crippen LogP contribution is 2.21. The molecule has 2 rings (SSSR count). The molecule has 2 aromatic rings. The van der Waals surface area contributed by atoms with E-state index in [-0.39, 0.29) is 18.4 Å². The van der Waals surface area contributed by atoms with Crippen LogP contribution in [0.15, 0.2) is 36.4 Å². The van der Waals surface area contributed by atoms with Crippen molar-refractivity contribution in [3.8, 4) is 0 Å². The summed E-state index contributed by atoms with van der Waals surface area (Å²) < 4.78 is 13.5. The van der Waals surface area contributed by atoms with Crippen LogP contribution >= 0.6 is 22.9 Å². The lowest BCUT2D eigenvalue weighted by molar-refractivity contribution is 0.173. The van der Waals surface area contributed by atoms with Gasteiger partial charge in [-0.1, -0.05) is 23.7 Å². The number of rotatable bonds is 6. The van der Waals surface area contributed by atoms with E-state index in [1.165, 1.54) is 35.6 Å². The Morgan fingerprint density at radius 2 is 1.95 bits per heavy atom. The molecule has 1 atom stereocenters. The van der Waals surface area contributed by atoms with Gasteiger partial charge in [0.25, 0.3) is 0 Å². The predicted octanol–water partition coefficient (Wildman–Crippen LogP) is 3.12. The van der Waals surface area contributed by atoms with Crippen LogP contribution in [0.5, 0.6) is 0 Å². The van der Waals surface area contributed by atoms with Gasteiger partial charge in [-0.2, -0.15) is 0 Å². The Balaban J connectivity index is 1.67. The molecule has 0 aliphatic rings. The highest BCUT2D eigenvalue weighted by molar-refractivity contribution is 7.16. The molecule has 0 radical (unpaired) electrons. The highest BCUT2D eigenvalue weighted by Gasteiger charge is 2.09. The molecule has 0 aliphatic carbocycles. The molecule has 4 nitrogen and oxygen atoms in total. The molecular formula is C15H16ClFN2O2S. The first-order valence-electron chi connectivity index (χ1n) is 6.74. The van der Waals surface area contributed by atoms with Crippen LogP contribution in [0, 0.1) is 5.82 Å². The smallest absolute Gasteiger partial charge is 0.314 e. The summed E-state index contributed by atoms with van der Waals surface area (Å²) in [4.78, 5) is 12.7. The Morgan fingerprint density at radius 1 is 1.23 bits per heavy atom. The van der Waals surface area contributed by atoms with Gasteiger partial charge in [-0.15, -0.1) is 11.3 Å². The summed E-state index contributed by atoms with van der Waals surface area (Å²) in [7, 11) is 0. The lowest BCUT2D eigenvalue weighted by Crippen LogP contribution is -2.38. The Hall–Kier alpha value is -1.63. The molecule has 0 fully saturated rings. The second kappa shape index (κ2) is 8.12. The molecule has 7 heteroatoms. The first-order valence-corrected chi connectivity index (χ1v) is 7.93. The van der Waals surface area contributed by atoms with Crippen LogP contribution in [0.2, 0.25) is 4.34 Å². The molecule has 0 bridgehead atoms. The van der Waals surface area contributed by atoms with Gasteiger partial charge in [0, 0.05) is 18.0 Å². The number of aliphatic hydroxyl groups is 1. The molecule has 1 heterocycles. The number of halogens is 2. The summed E-state index contributed by atoms with van der Waals surface area (Å²) in [6.07, 6.45) is -0.173. The number of benzene rings is 1. The minimum atomic E-state index is -0.873. The molecule has 0 aliphatic heterocycles. The quantitative estimate of drug-likeness (QED) is 0.755. The molecule has 0 saturated heterocycles. The summed E-state index contributed by atoms with van der Waals surface area (Å²) in [5.41, 5.74) is 0.551. The highest BCUT2D eigenvalue weighted by atomic mass is 35.5. The van der Waals surface area contributed by atoms with Crippen molar-refractivity contribution in [1.82, 2.24) is 10.6 Å². The number of urea groups is 1. The second-order valence-electron chi connectivity index (χ2n) is 4.66. The van der Waals surface area contributed by atoms with Gasteiger partial charge in [0.1, 0.15) is 5.82 Å². The van der Waals surface area contributed by atoms with E-state index in [4.69, 9.17) is 11.6 Å². The van der Waals surface area contributed by atoms with Gasteiger partial charge in [0.05, 0.1) is 10.4 Å². The van der Waals surface area contributed by atoms with Crippen molar-refractivity contribution < 1.29 is 14.3 Å². The van der Waals surface area contributed by atoms with Gasteiger partial charge in [-0.25, -0.2) is 9.18 Å². The number of carbonyl (C=O) groups is 1. The molecule has 0 saturated carbocycles. The van der Waals surface area contributed by atoms with Gasteiger partial charge >= 0.3 is 6.03 Å². The third-order valence-electron chi connectivity index (χ3n) is 3.00. The number of carbonyl (C=O) groups excluding carboxylic acids is 1. The van der Waals surface area contributed by atoms with E-state index < -0.39 is 6.10 Å². The molecule has 2 amide bonds. The van der Waals surface area contributed by atoms with Crippen LogP contribution in [-0.2, 0) is 6.42 Å². The molecule has 1 unspecified atom stereocenters. The summed E-state index contributed by atoms with van der Waals surface area (Å²) >= 11 is 7.30. The SMILES string of the molecule is O=C(NCCc1ccc(Cl)s1)NCC(O)c1ccc(F)cc1. The van der Waals surface area contributed by atoms with Crippen LogP contribution < -0.4 is 10.6 Å². The normalized spacial score (nSPS) is 12.0. The van der Waals surface area contributed by atoms with Crippen LogP contribution in [0.1, 0.15) is 16.5 Å². The lowest BCUT2D eigenvalue weighted by atomic mass is 10.1. The summed E-state index contributed by atoms with van der Waals surface area (Å²) in [5, 5.41) is 15.2. The number of hydrogen-bond donors (Lipinski definition) is 3. The minimum absolute atomic E-state index is 0.0578. The third kappa shape index (κ3) is 5.29. The van der Waals surface area contributed by atoms with E-state index in [2.05, 4.69) is 10.6 Å². The Morgan fingerprint density at radius 3 is 2.59 bits per heavy atom. The van der Waals surface area contributed by atoms with Gasteiger partial charge < -0.3 is 15.7 Å². The Bertz CT molecular complexity index is 618. The van der Waals surface area contributed by atoms with Crippen molar-refractivity contribution in [3.05, 3.63) is 57.0 Å². The molecule has 1 aromatic carbocycles. The zero-order chi connectivity index (χ0) is 15.9. The fourth-order valence-corrected chi connectivity index (χ4v) is 2.93. The number of nitrogens with one attached hydrogen (secondary N) is 2. The predicted molar refractivity (Wildman–Crippen MR) is 85.8 cm³/mol. The van der Waals surface area contributed by atoms with Crippen molar-refractivity contribution in [2.24, 2.45) is 0 Å². The average molecular weight is 343 g/mol. The third-order valence-corrected chi connectivity index (χ3v) is 4.29. The standard InChI is InChI=1S/C15H16ClFN2O2S/c16-14-6-5-12(22-14)7-8-18-15(21)19-9-13(20)10-1-3-11(17)4-2-10/h1-6,13,20H,7-9H2,(H2,18,19,21). The van der Waals surface area contributed by atoms with Crippen LogP contribution in [0.25, 0.3) is 0 Å². The number of thiophene rings is 1. The molecule has 118 valence electrons. The summed E-state index contributed by atoms with van der Waals surface area (Å²) in [6.45, 7) is 0.539. The van der Waals surface area contributed by atoms with Crippen molar-refractivity contribution >= 4 is 29.0 Å². The number of aliphatic hydroxyl groups excluding tert-OH is 1. The first-order chi connectivity index (χ1) is 10.5. The Kier molecular flexibility index (Phi) is 6.18. The second-order valence-corrected chi connectivity index (χ2v) is 6.46. The van der Waals surface area contributed by atoms with Gasteiger partial charge in [-0.05, 0) is 36.2 Å². The van der Waals surface area contributed by atoms with Gasteiger partial charge in [0.2, 0.25) is 0 Å². The van der Waals surface area contributed by atoms with E-state index in [0.717, 1.165) is 9.21 Å². The molecular weight excluding hydrogens is 327 g/mol. The number of amides is 2. The van der Waals surface area contributed by atoms with E-state index in [0.29, 0.717) is 18.5 Å². The van der Waals surface area contributed by atoms with Crippen LogP contribution in [0.3, 0.4) is 0 Å². The Labute approximate surface area is 136 Å². The van der Waals surface area contributed by atoms with Gasteiger partial charge in [-0.3, -0.25) is 0 Å². The monoisotopic (exact) mass is 342 g/mol. The van der Waals surface area contributed by atoms with Crippen LogP contribution in [0.4, 0.5) is 9.18 Å². The maximum atomic E-state index is 12.8. The summed E-state index contributed by atoms with van der Waals surface area (Å²) in [6, 6.07) is 8.89. The fourth-order valence-electron chi connectivity index (χ4n) is 1.84. The summed E-state index contributed by atoms with van der Waals surface area (Å²) in [5.74, 6) is -0.365. The van der Waals surface area contributed by atoms with E-state index >= 15 is 0 Å². The van der Waals surface area contributed by atoms with Crippen molar-refractivity contribution in [2.75, 3.05) is 13.1 Å². The molecule has 22 heavy (non-hydrogen) atoms. The zero-order valence-corrected chi connectivity index (χ0v) is 13.3. The largest absolute Gasteiger partial charge is 0.387 e. The maximum Gasteiger partial charge on any atom is 0.314 e. The van der Waals surface area contributed by atoms with Crippen molar-refractivity contribution in [1.29, 1.82) is 0 Å². The number of hydrogen-bond acceptors (Lipinski definition) is 3. The maximum absolute atomic E-state index is 12.8. The average Bonchev–Trinajstić information content (AvgIpc) is 2.91. The van der Waals surface area contributed by atoms with Crippen molar-refractivity contribution in [2.45, 2.75) is 12.5 Å². The van der Waals surface area contributed by atoms with E-state index in [9.17, 15) is 14.3 Å². The first kappa shape index (κ1) is 16.7. The lowest BCUT2D eigenvalue weighted by Gasteiger charge is -2.12. The fraction of sp³-hybridized carbons (Fsp3) is 0.267.